The van der Waals surface area contributed by atoms with E-state index < -0.39 is 6.03 Å². The average Bonchev–Trinajstić information content (AvgIpc) is 2.70. The third-order valence-electron chi connectivity index (χ3n) is 3.81. The summed E-state index contributed by atoms with van der Waals surface area (Å²) in [7, 11) is 1.52. The highest BCUT2D eigenvalue weighted by molar-refractivity contribution is 6.14. The van der Waals surface area contributed by atoms with Gasteiger partial charge in [0.25, 0.3) is 0 Å². The Morgan fingerprint density at radius 3 is 2.26 bits per heavy atom. The number of phenols is 1. The van der Waals surface area contributed by atoms with Crippen LogP contribution in [-0.2, 0) is 0 Å². The molecule has 2 amide bonds. The Labute approximate surface area is 157 Å². The third-order valence-corrected chi connectivity index (χ3v) is 3.81. The van der Waals surface area contributed by atoms with Gasteiger partial charge in [0.2, 0.25) is 0 Å². The molecule has 0 aliphatic rings. The van der Waals surface area contributed by atoms with Crippen LogP contribution in [0.5, 0.6) is 11.5 Å². The Morgan fingerprint density at radius 2 is 1.63 bits per heavy atom. The maximum Gasteiger partial charge on any atom is 0.339 e. The number of aromatic hydroxyl groups is 1. The Balaban J connectivity index is 1.88. The lowest BCUT2D eigenvalue weighted by Gasteiger charge is -2.11. The number of hydrogen-bond donors (Lipinski definition) is 3. The van der Waals surface area contributed by atoms with Crippen molar-refractivity contribution in [3.05, 3.63) is 90.0 Å². The molecule has 136 valence electrons. The third kappa shape index (κ3) is 4.64. The van der Waals surface area contributed by atoms with Crippen LogP contribution < -0.4 is 15.5 Å². The van der Waals surface area contributed by atoms with Gasteiger partial charge in [0.1, 0.15) is 17.2 Å². The van der Waals surface area contributed by atoms with Crippen molar-refractivity contribution >= 4 is 17.4 Å². The summed E-state index contributed by atoms with van der Waals surface area (Å²) in [5, 5.41) is 17.3. The van der Waals surface area contributed by atoms with Crippen molar-refractivity contribution < 1.29 is 14.6 Å². The molecule has 0 unspecified atom stereocenters. The fourth-order valence-electron chi connectivity index (χ4n) is 2.50. The van der Waals surface area contributed by atoms with E-state index in [-0.39, 0.29) is 5.75 Å². The number of methoxy groups -OCH3 is 1. The molecule has 0 aliphatic heterocycles. The Kier molecular flexibility index (Phi) is 5.69. The zero-order valence-electron chi connectivity index (χ0n) is 14.7. The van der Waals surface area contributed by atoms with Crippen molar-refractivity contribution in [3.8, 4) is 11.5 Å². The molecular formula is C21H19N3O3. The molecule has 6 nitrogen and oxygen atoms in total. The molecule has 3 aromatic carbocycles. The SMILES string of the molecule is COc1ccc(/C(=N/NC(=O)Nc2ccccc2)c2ccccc2)c(O)c1. The van der Waals surface area contributed by atoms with Crippen molar-refractivity contribution in [1.29, 1.82) is 0 Å². The lowest BCUT2D eigenvalue weighted by Crippen LogP contribution is -2.26. The van der Waals surface area contributed by atoms with Gasteiger partial charge in [-0.1, -0.05) is 48.5 Å². The second-order valence-electron chi connectivity index (χ2n) is 5.64. The van der Waals surface area contributed by atoms with Crippen molar-refractivity contribution in [2.45, 2.75) is 0 Å². The number of anilines is 1. The van der Waals surface area contributed by atoms with E-state index in [2.05, 4.69) is 15.8 Å². The monoisotopic (exact) mass is 361 g/mol. The molecule has 0 atom stereocenters. The van der Waals surface area contributed by atoms with Crippen LogP contribution in [0.3, 0.4) is 0 Å². The Hall–Kier alpha value is -3.80. The normalized spacial score (nSPS) is 10.9. The lowest BCUT2D eigenvalue weighted by atomic mass is 10.0. The zero-order chi connectivity index (χ0) is 19.1. The summed E-state index contributed by atoms with van der Waals surface area (Å²) in [5.41, 5.74) is 4.78. The van der Waals surface area contributed by atoms with Crippen LogP contribution in [0.1, 0.15) is 11.1 Å². The smallest absolute Gasteiger partial charge is 0.339 e. The molecule has 0 radical (unpaired) electrons. The van der Waals surface area contributed by atoms with Crippen LogP contribution in [0, 0.1) is 0 Å². The van der Waals surface area contributed by atoms with Crippen LogP contribution in [0.25, 0.3) is 0 Å². The summed E-state index contributed by atoms with van der Waals surface area (Å²) in [6.07, 6.45) is 0. The van der Waals surface area contributed by atoms with Crippen LogP contribution in [0.2, 0.25) is 0 Å². The van der Waals surface area contributed by atoms with Crippen molar-refractivity contribution in [1.82, 2.24) is 5.43 Å². The van der Waals surface area contributed by atoms with E-state index in [0.29, 0.717) is 22.7 Å². The predicted molar refractivity (Wildman–Crippen MR) is 105 cm³/mol. The maximum absolute atomic E-state index is 12.2. The molecule has 0 saturated heterocycles. The summed E-state index contributed by atoms with van der Waals surface area (Å²) >= 11 is 0. The summed E-state index contributed by atoms with van der Waals surface area (Å²) in [4.78, 5) is 12.2. The van der Waals surface area contributed by atoms with Crippen molar-refractivity contribution in [2.24, 2.45) is 5.10 Å². The molecule has 0 spiro atoms. The van der Waals surface area contributed by atoms with Crippen molar-refractivity contribution in [3.63, 3.8) is 0 Å². The number of benzene rings is 3. The van der Waals surface area contributed by atoms with E-state index in [0.717, 1.165) is 5.56 Å². The molecule has 0 aromatic heterocycles. The molecule has 3 N–H and O–H groups in total. The highest BCUT2D eigenvalue weighted by Gasteiger charge is 2.13. The van der Waals surface area contributed by atoms with E-state index in [4.69, 9.17) is 4.74 Å². The summed E-state index contributed by atoms with van der Waals surface area (Å²) in [5.74, 6) is 0.528. The summed E-state index contributed by atoms with van der Waals surface area (Å²) < 4.78 is 5.12. The van der Waals surface area contributed by atoms with Gasteiger partial charge in [0, 0.05) is 22.9 Å². The number of amides is 2. The van der Waals surface area contributed by atoms with Gasteiger partial charge in [0.05, 0.1) is 7.11 Å². The zero-order valence-corrected chi connectivity index (χ0v) is 14.7. The molecular weight excluding hydrogens is 342 g/mol. The fourth-order valence-corrected chi connectivity index (χ4v) is 2.50. The van der Waals surface area contributed by atoms with E-state index in [1.165, 1.54) is 13.2 Å². The first-order valence-electron chi connectivity index (χ1n) is 8.30. The molecule has 0 bridgehead atoms. The predicted octanol–water partition coefficient (Wildman–Crippen LogP) is 3.97. The highest BCUT2D eigenvalue weighted by atomic mass is 16.5. The van der Waals surface area contributed by atoms with Crippen LogP contribution in [0.15, 0.2) is 84.0 Å². The number of nitrogens with zero attached hydrogens (tertiary/aromatic N) is 1. The van der Waals surface area contributed by atoms with Gasteiger partial charge in [-0.3, -0.25) is 0 Å². The fraction of sp³-hybridized carbons (Fsp3) is 0.0476. The quantitative estimate of drug-likeness (QED) is 0.475. The first kappa shape index (κ1) is 18.0. The largest absolute Gasteiger partial charge is 0.507 e. The number of urea groups is 1. The molecule has 6 heteroatoms. The molecule has 0 fully saturated rings. The number of carbonyl (C=O) groups is 1. The lowest BCUT2D eigenvalue weighted by molar-refractivity contribution is 0.252. The molecule has 0 saturated carbocycles. The number of hydrogen-bond acceptors (Lipinski definition) is 4. The van der Waals surface area contributed by atoms with Gasteiger partial charge >= 0.3 is 6.03 Å². The van der Waals surface area contributed by atoms with E-state index in [1.807, 2.05) is 48.5 Å². The minimum Gasteiger partial charge on any atom is -0.507 e. The van der Waals surface area contributed by atoms with Gasteiger partial charge in [-0.15, -0.1) is 0 Å². The second kappa shape index (κ2) is 8.53. The first-order valence-corrected chi connectivity index (χ1v) is 8.30. The molecule has 0 heterocycles. The van der Waals surface area contributed by atoms with Crippen LogP contribution in [0.4, 0.5) is 10.5 Å². The Morgan fingerprint density at radius 1 is 0.963 bits per heavy atom. The van der Waals surface area contributed by atoms with E-state index >= 15 is 0 Å². The molecule has 0 aliphatic carbocycles. The molecule has 3 rings (SSSR count). The van der Waals surface area contributed by atoms with E-state index in [1.54, 1.807) is 24.3 Å². The van der Waals surface area contributed by atoms with Crippen LogP contribution >= 0.6 is 0 Å². The van der Waals surface area contributed by atoms with Gasteiger partial charge in [-0.05, 0) is 24.3 Å². The number of ether oxygens (including phenoxy) is 1. The topological polar surface area (TPSA) is 83.0 Å². The van der Waals surface area contributed by atoms with Gasteiger partial charge in [-0.25, -0.2) is 10.2 Å². The molecule has 3 aromatic rings. The summed E-state index contributed by atoms with van der Waals surface area (Å²) in [6.45, 7) is 0. The minimum atomic E-state index is -0.484. The highest BCUT2D eigenvalue weighted by Crippen LogP contribution is 2.26. The number of nitrogens with one attached hydrogen (secondary N) is 2. The minimum absolute atomic E-state index is 0.00206. The van der Waals surface area contributed by atoms with Crippen LogP contribution in [-0.4, -0.2) is 24.0 Å². The number of hydrazone groups is 1. The Bertz CT molecular complexity index is 941. The van der Waals surface area contributed by atoms with Crippen molar-refractivity contribution in [2.75, 3.05) is 12.4 Å². The maximum atomic E-state index is 12.2. The summed E-state index contributed by atoms with van der Waals surface area (Å²) in [6, 6.07) is 22.8. The molecule has 27 heavy (non-hydrogen) atoms. The van der Waals surface area contributed by atoms with E-state index in [9.17, 15) is 9.90 Å². The number of para-hydroxylation sites is 1. The van der Waals surface area contributed by atoms with Gasteiger partial charge < -0.3 is 15.2 Å². The van der Waals surface area contributed by atoms with Gasteiger partial charge in [0.15, 0.2) is 0 Å². The second-order valence-corrected chi connectivity index (χ2v) is 5.64. The first-order chi connectivity index (χ1) is 13.2. The average molecular weight is 361 g/mol. The standard InChI is InChI=1S/C21H19N3O3/c1-27-17-12-13-18(19(25)14-17)20(15-8-4-2-5-9-15)23-24-21(26)22-16-10-6-3-7-11-16/h2-14,25H,1H3,(H2,22,24,26)/b23-20+. The van der Waals surface area contributed by atoms with Gasteiger partial charge in [-0.2, -0.15) is 5.10 Å². The number of phenolic OH excluding ortho intramolecular Hbond substituents is 1. The number of carbonyl (C=O) groups excluding carboxylic acids is 1. The number of rotatable bonds is 5.